The van der Waals surface area contributed by atoms with Gasteiger partial charge in [-0.2, -0.15) is 0 Å². The Balaban J connectivity index is 3.46. The molecule has 0 saturated heterocycles. The second-order valence-corrected chi connectivity index (χ2v) is 1.65. The summed E-state index contributed by atoms with van der Waals surface area (Å²) in [7, 11) is 0. The van der Waals surface area contributed by atoms with Crippen LogP contribution < -0.4 is 0 Å². The highest BCUT2D eigenvalue weighted by molar-refractivity contribution is 5.65. The molecule has 2 nitrogen and oxygen atoms in total. The molecule has 0 aromatic rings. The summed E-state index contributed by atoms with van der Waals surface area (Å²) >= 11 is 0. The number of carbonyl (C=O) groups excluding carboxylic acids is 1. The van der Waals surface area contributed by atoms with Gasteiger partial charge in [0.1, 0.15) is 6.29 Å². The molecule has 0 fully saturated rings. The van der Waals surface area contributed by atoms with E-state index in [1.54, 1.807) is 25.2 Å². The fourth-order valence-corrected chi connectivity index (χ4v) is 0.334. The Kier molecular flexibility index (Phi) is 4.73. The molecule has 2 heteroatoms. The van der Waals surface area contributed by atoms with Crippen molar-refractivity contribution in [2.24, 2.45) is 0 Å². The van der Waals surface area contributed by atoms with Crippen molar-refractivity contribution in [1.82, 2.24) is 0 Å². The molecule has 0 aliphatic rings. The topological polar surface area (TPSA) is 37.3 Å². The van der Waals surface area contributed by atoms with E-state index in [9.17, 15) is 4.79 Å². The Morgan fingerprint density at radius 1 is 1.33 bits per heavy atom. The predicted molar refractivity (Wildman–Crippen MR) is 36.0 cm³/mol. The van der Waals surface area contributed by atoms with Crippen LogP contribution in [0.15, 0.2) is 24.3 Å². The number of carbonyl (C=O) groups is 1. The fourth-order valence-electron chi connectivity index (χ4n) is 0.334. The van der Waals surface area contributed by atoms with Gasteiger partial charge in [0.25, 0.3) is 0 Å². The first-order valence-electron chi connectivity index (χ1n) is 2.74. The largest absolute Gasteiger partial charge is 0.389 e. The fraction of sp³-hybridized carbons (Fsp3) is 0.286. The van der Waals surface area contributed by atoms with Gasteiger partial charge in [0.15, 0.2) is 0 Å². The zero-order chi connectivity index (χ0) is 7.11. The van der Waals surface area contributed by atoms with Gasteiger partial charge in [-0.3, -0.25) is 4.79 Å². The third-order valence-corrected chi connectivity index (χ3v) is 0.690. The zero-order valence-corrected chi connectivity index (χ0v) is 5.32. The van der Waals surface area contributed by atoms with Crippen LogP contribution in [0.25, 0.3) is 0 Å². The SMILES string of the molecule is C[C@H](O)/C=C/C=C/C=O. The third kappa shape index (κ3) is 7.11. The molecule has 0 aliphatic carbocycles. The Morgan fingerprint density at radius 2 is 2.00 bits per heavy atom. The first kappa shape index (κ1) is 8.11. The second-order valence-electron chi connectivity index (χ2n) is 1.65. The average Bonchev–Trinajstić information content (AvgIpc) is 1.80. The first-order valence-corrected chi connectivity index (χ1v) is 2.74. The van der Waals surface area contributed by atoms with Crippen LogP contribution in [0.4, 0.5) is 0 Å². The highest BCUT2D eigenvalue weighted by Gasteiger charge is 1.79. The summed E-state index contributed by atoms with van der Waals surface area (Å²) in [5.41, 5.74) is 0. The van der Waals surface area contributed by atoms with Crippen LogP contribution in [0, 0.1) is 0 Å². The highest BCUT2D eigenvalue weighted by atomic mass is 16.3. The molecule has 0 radical (unpaired) electrons. The minimum Gasteiger partial charge on any atom is -0.389 e. The van der Waals surface area contributed by atoms with E-state index in [4.69, 9.17) is 5.11 Å². The molecule has 0 amide bonds. The van der Waals surface area contributed by atoms with E-state index in [0.717, 1.165) is 0 Å². The van der Waals surface area contributed by atoms with Crippen molar-refractivity contribution < 1.29 is 9.90 Å². The molecule has 0 aromatic carbocycles. The van der Waals surface area contributed by atoms with Crippen LogP contribution in [0.1, 0.15) is 6.92 Å². The second kappa shape index (κ2) is 5.25. The molecular formula is C7H10O2. The number of aliphatic hydroxyl groups excluding tert-OH is 1. The monoisotopic (exact) mass is 126 g/mol. The molecule has 1 N–H and O–H groups in total. The summed E-state index contributed by atoms with van der Waals surface area (Å²) in [6.45, 7) is 1.64. The Bertz CT molecular complexity index is 123. The molecule has 0 saturated carbocycles. The van der Waals surface area contributed by atoms with E-state index >= 15 is 0 Å². The van der Waals surface area contributed by atoms with E-state index in [0.29, 0.717) is 6.29 Å². The van der Waals surface area contributed by atoms with Crippen molar-refractivity contribution >= 4 is 6.29 Å². The Morgan fingerprint density at radius 3 is 2.44 bits per heavy atom. The number of hydrogen-bond donors (Lipinski definition) is 1. The summed E-state index contributed by atoms with van der Waals surface area (Å²) in [5.74, 6) is 0. The van der Waals surface area contributed by atoms with Crippen LogP contribution >= 0.6 is 0 Å². The van der Waals surface area contributed by atoms with E-state index in [1.807, 2.05) is 0 Å². The Hall–Kier alpha value is -0.890. The van der Waals surface area contributed by atoms with Gasteiger partial charge in [0, 0.05) is 0 Å². The zero-order valence-electron chi connectivity index (χ0n) is 5.32. The van der Waals surface area contributed by atoms with Crippen molar-refractivity contribution in [2.75, 3.05) is 0 Å². The average molecular weight is 126 g/mol. The van der Waals surface area contributed by atoms with Gasteiger partial charge < -0.3 is 5.11 Å². The number of aldehydes is 1. The predicted octanol–water partition coefficient (Wildman–Crippen LogP) is 0.678. The molecule has 0 bridgehead atoms. The maximum absolute atomic E-state index is 9.67. The highest BCUT2D eigenvalue weighted by Crippen LogP contribution is 1.82. The van der Waals surface area contributed by atoms with Crippen LogP contribution in [-0.2, 0) is 4.79 Å². The minimum atomic E-state index is -0.443. The molecule has 0 heterocycles. The molecule has 0 unspecified atom stereocenters. The molecule has 0 aliphatic heterocycles. The number of rotatable bonds is 3. The summed E-state index contributed by atoms with van der Waals surface area (Å²) in [6.07, 6.45) is 6.38. The van der Waals surface area contributed by atoms with Gasteiger partial charge in [0.05, 0.1) is 6.10 Å². The maximum atomic E-state index is 9.67. The smallest absolute Gasteiger partial charge is 0.142 e. The molecule has 0 spiro atoms. The van der Waals surface area contributed by atoms with Crippen LogP contribution in [0.2, 0.25) is 0 Å². The number of hydrogen-bond acceptors (Lipinski definition) is 2. The van der Waals surface area contributed by atoms with Crippen LogP contribution in [-0.4, -0.2) is 17.5 Å². The summed E-state index contributed by atoms with van der Waals surface area (Å²) in [6, 6.07) is 0. The Labute approximate surface area is 54.5 Å². The van der Waals surface area contributed by atoms with E-state index in [1.165, 1.54) is 6.08 Å². The third-order valence-electron chi connectivity index (χ3n) is 0.690. The molecular weight excluding hydrogens is 116 g/mol. The van der Waals surface area contributed by atoms with Crippen molar-refractivity contribution in [3.05, 3.63) is 24.3 Å². The molecule has 50 valence electrons. The van der Waals surface area contributed by atoms with E-state index in [-0.39, 0.29) is 0 Å². The summed E-state index contributed by atoms with van der Waals surface area (Å²) < 4.78 is 0. The normalized spacial score (nSPS) is 14.9. The van der Waals surface area contributed by atoms with Gasteiger partial charge in [-0.05, 0) is 13.0 Å². The van der Waals surface area contributed by atoms with Crippen LogP contribution in [0.5, 0.6) is 0 Å². The summed E-state index contributed by atoms with van der Waals surface area (Å²) in [4.78, 5) is 9.67. The molecule has 9 heavy (non-hydrogen) atoms. The van der Waals surface area contributed by atoms with Crippen LogP contribution in [0.3, 0.4) is 0 Å². The maximum Gasteiger partial charge on any atom is 0.142 e. The quantitative estimate of drug-likeness (QED) is 0.343. The lowest BCUT2D eigenvalue weighted by Gasteiger charge is -1.88. The number of aliphatic hydroxyl groups is 1. The van der Waals surface area contributed by atoms with Gasteiger partial charge >= 0.3 is 0 Å². The van der Waals surface area contributed by atoms with Crippen molar-refractivity contribution in [3.8, 4) is 0 Å². The van der Waals surface area contributed by atoms with Crippen molar-refractivity contribution in [2.45, 2.75) is 13.0 Å². The molecule has 0 rings (SSSR count). The van der Waals surface area contributed by atoms with Gasteiger partial charge in [-0.25, -0.2) is 0 Å². The summed E-state index contributed by atoms with van der Waals surface area (Å²) in [5, 5.41) is 8.64. The molecule has 0 aromatic heterocycles. The van der Waals surface area contributed by atoms with Crippen molar-refractivity contribution in [1.29, 1.82) is 0 Å². The van der Waals surface area contributed by atoms with Crippen molar-refractivity contribution in [3.63, 3.8) is 0 Å². The van der Waals surface area contributed by atoms with E-state index < -0.39 is 6.10 Å². The standard InChI is InChI=1S/C7H10O2/c1-7(9)5-3-2-4-6-8/h2-7,9H,1H3/b4-2+,5-3+/t7-/m0/s1. The van der Waals surface area contributed by atoms with Gasteiger partial charge in [-0.1, -0.05) is 18.2 Å². The van der Waals surface area contributed by atoms with E-state index in [2.05, 4.69) is 0 Å². The van der Waals surface area contributed by atoms with Gasteiger partial charge in [0.2, 0.25) is 0 Å². The first-order chi connectivity index (χ1) is 4.27. The van der Waals surface area contributed by atoms with Gasteiger partial charge in [-0.15, -0.1) is 0 Å². The number of allylic oxidation sites excluding steroid dienone is 3. The lowest BCUT2D eigenvalue weighted by atomic mass is 10.3. The lowest BCUT2D eigenvalue weighted by Crippen LogP contribution is -1.90. The minimum absolute atomic E-state index is 0.443. The molecule has 1 atom stereocenters. The lowest BCUT2D eigenvalue weighted by molar-refractivity contribution is -0.104.